The molecule has 0 unspecified atom stereocenters. The second kappa shape index (κ2) is 18.5. The third-order valence-electron chi connectivity index (χ3n) is 16.0. The molecule has 5 aromatic heterocycles. The molecular formula is C73H43N4OPt-3. The fourth-order valence-electron chi connectivity index (χ4n) is 12.5. The first-order valence-electron chi connectivity index (χ1n) is 26.4. The van der Waals surface area contributed by atoms with E-state index in [1.807, 2.05) is 24.4 Å². The molecule has 0 aliphatic heterocycles. The summed E-state index contributed by atoms with van der Waals surface area (Å²) in [5.41, 5.74) is 13.3. The van der Waals surface area contributed by atoms with Crippen LogP contribution in [0.3, 0.4) is 0 Å². The Morgan fingerprint density at radius 2 is 0.747 bits per heavy atom. The maximum absolute atomic E-state index is 7.01. The van der Waals surface area contributed by atoms with Crippen LogP contribution in [0.25, 0.3) is 142 Å². The van der Waals surface area contributed by atoms with Crippen molar-refractivity contribution in [3.63, 3.8) is 0 Å². The van der Waals surface area contributed by atoms with E-state index in [1.54, 1.807) is 0 Å². The predicted octanol–water partition coefficient (Wildman–Crippen LogP) is 19.0. The van der Waals surface area contributed by atoms with Gasteiger partial charge in [-0.1, -0.05) is 211 Å². The first kappa shape index (κ1) is 46.6. The van der Waals surface area contributed by atoms with E-state index in [2.05, 4.69) is 253 Å². The maximum Gasteiger partial charge on any atom is 0.143 e. The monoisotopic (exact) mass is 1190 g/mol. The summed E-state index contributed by atoms with van der Waals surface area (Å²) in [7, 11) is 0. The molecule has 5 heterocycles. The van der Waals surface area contributed by atoms with E-state index in [-0.39, 0.29) is 21.1 Å². The number of fused-ring (bicyclic) bond motifs is 17. The van der Waals surface area contributed by atoms with Gasteiger partial charge in [0.25, 0.3) is 0 Å². The number of rotatable bonds is 5. The fraction of sp³-hybridized carbons (Fsp3) is 0.0137. The second-order valence-electron chi connectivity index (χ2n) is 20.2. The molecule has 5 nitrogen and oxygen atoms in total. The Morgan fingerprint density at radius 1 is 0.342 bits per heavy atom. The quantitative estimate of drug-likeness (QED) is 0.161. The summed E-state index contributed by atoms with van der Waals surface area (Å²) in [6.45, 7) is 2.18. The zero-order valence-corrected chi connectivity index (χ0v) is 44.9. The second-order valence-corrected chi connectivity index (χ2v) is 20.2. The predicted molar refractivity (Wildman–Crippen MR) is 323 cm³/mol. The van der Waals surface area contributed by atoms with Gasteiger partial charge in [0.2, 0.25) is 0 Å². The zero-order chi connectivity index (χ0) is 51.4. The summed E-state index contributed by atoms with van der Waals surface area (Å²) in [6.07, 6.45) is 5.43. The summed E-state index contributed by atoms with van der Waals surface area (Å²) in [4.78, 5) is 10.4. The first-order valence-corrected chi connectivity index (χ1v) is 26.4. The maximum atomic E-state index is 7.01. The molecule has 0 atom stereocenters. The molecule has 0 radical (unpaired) electrons. The number of aryl methyl sites for hydroxylation is 1. The average Bonchev–Trinajstić information content (AvgIpc) is 4.18. The molecule has 374 valence electrons. The average molecular weight is 1190 g/mol. The number of nitrogens with zero attached hydrogens (tertiary/aromatic N) is 4. The van der Waals surface area contributed by atoms with Crippen LogP contribution in [0.5, 0.6) is 11.5 Å². The molecule has 0 fully saturated rings. The van der Waals surface area contributed by atoms with Gasteiger partial charge in [0, 0.05) is 61.4 Å². The number of hydrogen-bond acceptors (Lipinski definition) is 3. The van der Waals surface area contributed by atoms with Gasteiger partial charge in [0.15, 0.2) is 0 Å². The Kier molecular flexibility index (Phi) is 10.9. The van der Waals surface area contributed by atoms with Crippen LogP contribution in [0.1, 0.15) is 5.56 Å². The van der Waals surface area contributed by atoms with Gasteiger partial charge >= 0.3 is 0 Å². The Morgan fingerprint density at radius 3 is 1.33 bits per heavy atom. The van der Waals surface area contributed by atoms with Crippen molar-refractivity contribution in [1.29, 1.82) is 0 Å². The standard InChI is InChI=1S/C73H43N4O.Pt/c1-45-18-2-3-19-48(45)49-20-4-5-21-50(49)52-23-7-12-28-57(52)63-39-40-66-59-30-14-9-24-53(59)51-22-6-11-27-56(51)61-37-35-46(42-68(61)76-44-75-70(63)72(66)76)78-47-36-38-62-65-33-16-32-64-58-29-13-8-25-54(58)55-26-10-15-31-60(55)67-34-17-41-74-73(67)77(71(64)65)69(62)43-47;/h2-41H,1H3;/q-3;. The van der Waals surface area contributed by atoms with E-state index >= 15 is 0 Å². The van der Waals surface area contributed by atoms with E-state index < -0.39 is 0 Å². The van der Waals surface area contributed by atoms with E-state index in [0.29, 0.717) is 11.5 Å². The summed E-state index contributed by atoms with van der Waals surface area (Å²) in [5.74, 6) is 1.09. The number of hydrogen-bond donors (Lipinski definition) is 0. The number of ether oxygens (including phenoxy) is 1. The molecule has 11 aromatic carbocycles. The fourth-order valence-corrected chi connectivity index (χ4v) is 12.5. The van der Waals surface area contributed by atoms with Crippen LogP contribution in [0.2, 0.25) is 0 Å². The van der Waals surface area contributed by atoms with Crippen molar-refractivity contribution in [3.8, 4) is 44.9 Å². The molecule has 6 heteroatoms. The van der Waals surface area contributed by atoms with Crippen molar-refractivity contribution in [3.05, 3.63) is 267 Å². The van der Waals surface area contributed by atoms with Gasteiger partial charge < -0.3 is 18.5 Å². The topological polar surface area (TPSA) is 43.8 Å². The largest absolute Gasteiger partial charge is 0.510 e. The number of benzene rings is 11. The van der Waals surface area contributed by atoms with Crippen molar-refractivity contribution >= 4 is 109 Å². The molecule has 0 N–H and O–H groups in total. The van der Waals surface area contributed by atoms with Gasteiger partial charge in [-0.05, 0) is 118 Å². The van der Waals surface area contributed by atoms with Gasteiger partial charge in [-0.15, -0.1) is 34.5 Å². The minimum Gasteiger partial charge on any atom is -0.510 e. The summed E-state index contributed by atoms with van der Waals surface area (Å²) in [6, 6.07) is 92.0. The van der Waals surface area contributed by atoms with Gasteiger partial charge in [-0.3, -0.25) is 0 Å². The number of pyridine rings is 1. The Hall–Kier alpha value is -9.67. The first-order chi connectivity index (χ1) is 38.6. The number of aromatic nitrogens is 4. The van der Waals surface area contributed by atoms with Crippen LogP contribution < -0.4 is 4.74 Å². The molecule has 0 spiro atoms. The Labute approximate surface area is 468 Å². The minimum atomic E-state index is 0. The van der Waals surface area contributed by atoms with Crippen LogP contribution in [-0.2, 0) is 21.1 Å². The van der Waals surface area contributed by atoms with Gasteiger partial charge in [-0.2, -0.15) is 18.2 Å². The minimum absolute atomic E-state index is 0. The van der Waals surface area contributed by atoms with Crippen molar-refractivity contribution in [2.24, 2.45) is 0 Å². The smallest absolute Gasteiger partial charge is 0.143 e. The van der Waals surface area contributed by atoms with Gasteiger partial charge in [-0.25, -0.2) is 4.98 Å². The Balaban J connectivity index is 0.00000541. The molecule has 0 aliphatic rings. The van der Waals surface area contributed by atoms with Crippen molar-refractivity contribution in [1.82, 2.24) is 18.8 Å². The molecule has 0 amide bonds. The van der Waals surface area contributed by atoms with Crippen molar-refractivity contribution in [2.45, 2.75) is 6.92 Å². The zero-order valence-electron chi connectivity index (χ0n) is 42.6. The molecule has 16 rings (SSSR count). The summed E-state index contributed by atoms with van der Waals surface area (Å²) < 4.78 is 11.4. The molecule has 0 saturated carbocycles. The van der Waals surface area contributed by atoms with E-state index in [9.17, 15) is 0 Å². The molecule has 16 aromatic rings. The third-order valence-corrected chi connectivity index (χ3v) is 16.0. The van der Waals surface area contributed by atoms with E-state index in [4.69, 9.17) is 14.7 Å². The molecule has 0 aliphatic carbocycles. The normalized spacial score (nSPS) is 11.8. The summed E-state index contributed by atoms with van der Waals surface area (Å²) in [5, 5.41) is 15.4. The molecular weight excluding hydrogens is 1140 g/mol. The van der Waals surface area contributed by atoms with Crippen molar-refractivity contribution in [2.75, 3.05) is 0 Å². The van der Waals surface area contributed by atoms with Crippen LogP contribution in [0.15, 0.2) is 243 Å². The molecule has 0 bridgehead atoms. The van der Waals surface area contributed by atoms with Crippen LogP contribution >= 0.6 is 0 Å². The number of para-hydroxylation sites is 1. The molecule has 79 heavy (non-hydrogen) atoms. The van der Waals surface area contributed by atoms with Crippen LogP contribution in [0.4, 0.5) is 0 Å². The van der Waals surface area contributed by atoms with E-state index in [0.717, 1.165) is 126 Å². The Bertz CT molecular complexity index is 5290. The molecule has 0 saturated heterocycles. The number of imidazole rings is 1. The van der Waals surface area contributed by atoms with Gasteiger partial charge in [0.05, 0.1) is 0 Å². The van der Waals surface area contributed by atoms with E-state index in [1.165, 1.54) is 22.1 Å². The van der Waals surface area contributed by atoms with Crippen molar-refractivity contribution < 1.29 is 25.8 Å². The van der Waals surface area contributed by atoms with Crippen LogP contribution in [0, 0.1) is 25.4 Å². The van der Waals surface area contributed by atoms with Gasteiger partial charge in [0.1, 0.15) is 5.65 Å². The SMILES string of the molecule is Cc1ccccc1-c1ccccc1-c1ccccc1-c1ccc2c3ccccc3c3ccccc3c3ccc(Oc4[c-]c5c(cc4)c4cccc6c7ccccc7c7ccccc7c7cccnc7n5c64)[c-]c3n3[c-]nc1c23.[Pt]. The van der Waals surface area contributed by atoms with Crippen LogP contribution in [-0.4, -0.2) is 18.8 Å². The summed E-state index contributed by atoms with van der Waals surface area (Å²) >= 11 is 0. The third kappa shape index (κ3) is 7.20.